The van der Waals surface area contributed by atoms with Crippen molar-refractivity contribution in [2.24, 2.45) is 11.8 Å². The molecule has 1 aromatic heterocycles. The fraction of sp³-hybridized carbons (Fsp3) is 0.545. The van der Waals surface area contributed by atoms with Gasteiger partial charge in [-0.25, -0.2) is 4.39 Å². The van der Waals surface area contributed by atoms with E-state index in [1.165, 1.54) is 12.1 Å². The van der Waals surface area contributed by atoms with Crippen LogP contribution < -0.4 is 10.6 Å². The Morgan fingerprint density at radius 2 is 2.04 bits per heavy atom. The third-order valence-corrected chi connectivity index (χ3v) is 5.39. The van der Waals surface area contributed by atoms with Crippen molar-refractivity contribution in [2.45, 2.75) is 52.0 Å². The predicted molar refractivity (Wildman–Crippen MR) is 106 cm³/mol. The first kappa shape index (κ1) is 20.5. The highest BCUT2D eigenvalue weighted by atomic mass is 19.1. The lowest BCUT2D eigenvalue weighted by molar-refractivity contribution is -0.122. The maximum Gasteiger partial charge on any atom is 0.220 e. The number of rotatable bonds is 6. The normalized spacial score (nSPS) is 20.1. The number of amides is 1. The maximum atomic E-state index is 13.0. The summed E-state index contributed by atoms with van der Waals surface area (Å²) in [6.45, 7) is 8.55. The van der Waals surface area contributed by atoms with Crippen molar-refractivity contribution in [3.05, 3.63) is 53.2 Å². The van der Waals surface area contributed by atoms with Gasteiger partial charge in [-0.1, -0.05) is 38.1 Å². The minimum atomic E-state index is -0.268. The second kappa shape index (κ2) is 8.86. The van der Waals surface area contributed by atoms with Crippen LogP contribution >= 0.6 is 0 Å². The molecule has 0 radical (unpaired) electrons. The Hall–Kier alpha value is -2.21. The number of carbonyl (C=O) groups excluding carboxylic acids is 1. The molecular weight excluding hydrogens is 357 g/mol. The first-order chi connectivity index (χ1) is 13.3. The second-order valence-electron chi connectivity index (χ2n) is 8.76. The molecule has 1 aliphatic rings. The molecule has 28 heavy (non-hydrogen) atoms. The van der Waals surface area contributed by atoms with Gasteiger partial charge < -0.3 is 15.2 Å². The summed E-state index contributed by atoms with van der Waals surface area (Å²) in [7, 11) is 0. The van der Waals surface area contributed by atoms with E-state index in [2.05, 4.69) is 36.6 Å². The lowest BCUT2D eigenvalue weighted by Crippen LogP contribution is -2.40. The monoisotopic (exact) mass is 387 g/mol. The Morgan fingerprint density at radius 3 is 2.71 bits per heavy atom. The zero-order chi connectivity index (χ0) is 20.1. The molecule has 5 nitrogen and oxygen atoms in total. The summed E-state index contributed by atoms with van der Waals surface area (Å²) in [6, 6.07) is 8.25. The number of nitrogens with zero attached hydrogens (tertiary/aromatic N) is 1. The maximum absolute atomic E-state index is 13.0. The van der Waals surface area contributed by atoms with Crippen molar-refractivity contribution in [1.82, 2.24) is 15.8 Å². The van der Waals surface area contributed by atoms with Crippen LogP contribution in [0.1, 0.15) is 50.6 Å². The van der Waals surface area contributed by atoms with Gasteiger partial charge in [0.2, 0.25) is 5.91 Å². The quantitative estimate of drug-likeness (QED) is 0.795. The largest absolute Gasteiger partial charge is 0.361 e. The van der Waals surface area contributed by atoms with Gasteiger partial charge in [-0.15, -0.1) is 0 Å². The number of piperidine rings is 1. The summed E-state index contributed by atoms with van der Waals surface area (Å²) in [5.41, 5.74) is 1.79. The standard InChI is InChI=1S/C22H30FN3O2/c1-22(2,3)20-12-19(26-28-20)10-17-14-24-9-8-16(17)11-21(27)25-13-15-4-6-18(23)7-5-15/h4-7,12,16-17,24H,8-11,13-14H2,1-3H3,(H,25,27). The Labute approximate surface area is 166 Å². The van der Waals surface area contributed by atoms with Crippen molar-refractivity contribution in [1.29, 1.82) is 0 Å². The molecule has 0 saturated carbocycles. The molecule has 3 rings (SSSR count). The number of halogens is 1. The van der Waals surface area contributed by atoms with E-state index < -0.39 is 0 Å². The van der Waals surface area contributed by atoms with Crippen LogP contribution in [-0.2, 0) is 23.2 Å². The van der Waals surface area contributed by atoms with Crippen LogP contribution in [0.5, 0.6) is 0 Å². The third kappa shape index (κ3) is 5.64. The number of nitrogens with one attached hydrogen (secondary N) is 2. The van der Waals surface area contributed by atoms with Crippen LogP contribution in [0, 0.1) is 17.7 Å². The van der Waals surface area contributed by atoms with E-state index in [1.54, 1.807) is 12.1 Å². The Kier molecular flexibility index (Phi) is 6.50. The fourth-order valence-electron chi connectivity index (χ4n) is 3.63. The van der Waals surface area contributed by atoms with Gasteiger partial charge in [0.1, 0.15) is 11.6 Å². The van der Waals surface area contributed by atoms with Gasteiger partial charge >= 0.3 is 0 Å². The predicted octanol–water partition coefficient (Wildman–Crippen LogP) is 3.59. The number of aromatic nitrogens is 1. The molecule has 152 valence electrons. The van der Waals surface area contributed by atoms with Crippen LogP contribution in [0.2, 0.25) is 0 Å². The van der Waals surface area contributed by atoms with Crippen LogP contribution in [-0.4, -0.2) is 24.2 Å². The highest BCUT2D eigenvalue weighted by molar-refractivity contribution is 5.76. The molecule has 2 atom stereocenters. The summed E-state index contributed by atoms with van der Waals surface area (Å²) in [5.74, 6) is 1.32. The number of hydrogen-bond donors (Lipinski definition) is 2. The van der Waals surface area contributed by atoms with Crippen LogP contribution in [0.25, 0.3) is 0 Å². The molecular formula is C22H30FN3O2. The Balaban J connectivity index is 1.54. The highest BCUT2D eigenvalue weighted by Crippen LogP contribution is 2.28. The van der Waals surface area contributed by atoms with Gasteiger partial charge in [-0.3, -0.25) is 4.79 Å². The number of carbonyl (C=O) groups is 1. The molecule has 1 aromatic carbocycles. The first-order valence-electron chi connectivity index (χ1n) is 9.99. The first-order valence-corrected chi connectivity index (χ1v) is 9.99. The molecule has 1 amide bonds. The molecule has 0 bridgehead atoms. The van der Waals surface area contributed by atoms with E-state index in [0.717, 1.165) is 42.9 Å². The molecule has 2 heterocycles. The van der Waals surface area contributed by atoms with Gasteiger partial charge in [0, 0.05) is 24.4 Å². The van der Waals surface area contributed by atoms with E-state index in [-0.39, 0.29) is 17.1 Å². The average molecular weight is 387 g/mol. The van der Waals surface area contributed by atoms with E-state index >= 15 is 0 Å². The van der Waals surface area contributed by atoms with E-state index in [4.69, 9.17) is 4.52 Å². The molecule has 2 aromatic rings. The smallest absolute Gasteiger partial charge is 0.220 e. The zero-order valence-electron chi connectivity index (χ0n) is 16.9. The summed E-state index contributed by atoms with van der Waals surface area (Å²) < 4.78 is 18.5. The number of hydrogen-bond acceptors (Lipinski definition) is 4. The lowest BCUT2D eigenvalue weighted by atomic mass is 9.81. The van der Waals surface area contributed by atoms with E-state index in [0.29, 0.717) is 24.8 Å². The van der Waals surface area contributed by atoms with Crippen molar-refractivity contribution in [3.63, 3.8) is 0 Å². The molecule has 2 unspecified atom stereocenters. The van der Waals surface area contributed by atoms with Crippen LogP contribution in [0.15, 0.2) is 34.9 Å². The zero-order valence-corrected chi connectivity index (χ0v) is 16.9. The molecule has 2 N–H and O–H groups in total. The van der Waals surface area contributed by atoms with Crippen LogP contribution in [0.3, 0.4) is 0 Å². The summed E-state index contributed by atoms with van der Waals surface area (Å²) >= 11 is 0. The average Bonchev–Trinajstić information content (AvgIpc) is 3.12. The van der Waals surface area contributed by atoms with E-state index in [1.807, 2.05) is 6.07 Å². The molecule has 1 aliphatic heterocycles. The molecule has 1 fully saturated rings. The topological polar surface area (TPSA) is 67.2 Å². The summed E-state index contributed by atoms with van der Waals surface area (Å²) in [4.78, 5) is 12.4. The minimum Gasteiger partial charge on any atom is -0.361 e. The van der Waals surface area contributed by atoms with Crippen molar-refractivity contribution in [3.8, 4) is 0 Å². The lowest BCUT2D eigenvalue weighted by Gasteiger charge is -2.31. The van der Waals surface area contributed by atoms with Crippen molar-refractivity contribution < 1.29 is 13.7 Å². The molecule has 6 heteroatoms. The van der Waals surface area contributed by atoms with E-state index in [9.17, 15) is 9.18 Å². The SMILES string of the molecule is CC(C)(C)c1cc(CC2CNCCC2CC(=O)NCc2ccc(F)cc2)no1. The van der Waals surface area contributed by atoms with Gasteiger partial charge in [0.05, 0.1) is 5.69 Å². The number of benzene rings is 1. The van der Waals surface area contributed by atoms with Gasteiger partial charge in [-0.2, -0.15) is 0 Å². The molecule has 1 saturated heterocycles. The van der Waals surface area contributed by atoms with Crippen molar-refractivity contribution in [2.75, 3.05) is 13.1 Å². The van der Waals surface area contributed by atoms with Gasteiger partial charge in [-0.05, 0) is 55.5 Å². The van der Waals surface area contributed by atoms with Gasteiger partial charge in [0.15, 0.2) is 0 Å². The third-order valence-electron chi connectivity index (χ3n) is 5.39. The summed E-state index contributed by atoms with van der Waals surface area (Å²) in [5, 5.41) is 10.6. The minimum absolute atomic E-state index is 0.0387. The van der Waals surface area contributed by atoms with Gasteiger partial charge in [0.25, 0.3) is 0 Å². The highest BCUT2D eigenvalue weighted by Gasteiger charge is 2.29. The van der Waals surface area contributed by atoms with Crippen LogP contribution in [0.4, 0.5) is 4.39 Å². The Bertz CT molecular complexity index is 780. The molecule has 0 aliphatic carbocycles. The summed E-state index contributed by atoms with van der Waals surface area (Å²) in [6.07, 6.45) is 2.28. The molecule has 0 spiro atoms. The van der Waals surface area contributed by atoms with Crippen molar-refractivity contribution >= 4 is 5.91 Å². The Morgan fingerprint density at radius 1 is 1.29 bits per heavy atom. The second-order valence-corrected chi connectivity index (χ2v) is 8.76. The fourth-order valence-corrected chi connectivity index (χ4v) is 3.63.